The highest BCUT2D eigenvalue weighted by molar-refractivity contribution is 5.95. The highest BCUT2D eigenvalue weighted by Crippen LogP contribution is 2.29. The molecule has 33 heavy (non-hydrogen) atoms. The zero-order valence-electron chi connectivity index (χ0n) is 19.3. The summed E-state index contributed by atoms with van der Waals surface area (Å²) in [5.74, 6) is -0.401. The van der Waals surface area contributed by atoms with Crippen molar-refractivity contribution >= 4 is 17.6 Å². The van der Waals surface area contributed by atoms with Gasteiger partial charge in [0, 0.05) is 25.3 Å². The summed E-state index contributed by atoms with van der Waals surface area (Å²) in [6.45, 7) is 6.24. The van der Waals surface area contributed by atoms with Gasteiger partial charge in [0.1, 0.15) is 0 Å². The van der Waals surface area contributed by atoms with Gasteiger partial charge >= 0.3 is 12.0 Å². The number of nitrogens with zero attached hydrogens (tertiary/aromatic N) is 1. The van der Waals surface area contributed by atoms with Crippen LogP contribution in [0.25, 0.3) is 5.57 Å². The molecule has 4 rings (SSSR count). The highest BCUT2D eigenvalue weighted by atomic mass is 16.5. The second kappa shape index (κ2) is 10.5. The SMILES string of the molecule is CCOC(=O)C1=C(CN2CC=C(c3ccccc3)CC2)NC(=O)N[C@@H]1c1ccc(CC)cc1. The summed E-state index contributed by atoms with van der Waals surface area (Å²) in [4.78, 5) is 27.8. The van der Waals surface area contributed by atoms with Crippen molar-refractivity contribution in [2.24, 2.45) is 0 Å². The molecule has 0 saturated carbocycles. The molecule has 0 spiro atoms. The molecule has 0 saturated heterocycles. The fourth-order valence-corrected chi connectivity index (χ4v) is 4.38. The number of rotatable bonds is 7. The number of nitrogens with one attached hydrogen (secondary N) is 2. The van der Waals surface area contributed by atoms with Crippen molar-refractivity contribution < 1.29 is 14.3 Å². The normalized spacial score (nSPS) is 18.9. The topological polar surface area (TPSA) is 70.7 Å². The number of amides is 2. The van der Waals surface area contributed by atoms with E-state index in [1.807, 2.05) is 30.3 Å². The first-order valence-corrected chi connectivity index (χ1v) is 11.6. The van der Waals surface area contributed by atoms with Gasteiger partial charge in [0.15, 0.2) is 0 Å². The number of hydrogen-bond donors (Lipinski definition) is 2. The van der Waals surface area contributed by atoms with Crippen LogP contribution in [0.4, 0.5) is 4.79 Å². The first-order chi connectivity index (χ1) is 16.1. The van der Waals surface area contributed by atoms with Crippen LogP contribution in [0.5, 0.6) is 0 Å². The van der Waals surface area contributed by atoms with E-state index < -0.39 is 12.0 Å². The molecule has 172 valence electrons. The van der Waals surface area contributed by atoms with Crippen molar-refractivity contribution in [1.82, 2.24) is 15.5 Å². The third-order valence-electron chi connectivity index (χ3n) is 6.19. The van der Waals surface area contributed by atoms with Crippen LogP contribution in [0.3, 0.4) is 0 Å². The van der Waals surface area contributed by atoms with E-state index in [1.54, 1.807) is 6.92 Å². The van der Waals surface area contributed by atoms with Gasteiger partial charge in [0.05, 0.1) is 18.2 Å². The molecule has 6 heteroatoms. The van der Waals surface area contributed by atoms with Gasteiger partial charge in [-0.15, -0.1) is 0 Å². The second-order valence-corrected chi connectivity index (χ2v) is 8.32. The van der Waals surface area contributed by atoms with E-state index in [0.717, 1.165) is 31.5 Å². The summed E-state index contributed by atoms with van der Waals surface area (Å²) in [6, 6.07) is 17.6. The lowest BCUT2D eigenvalue weighted by Gasteiger charge is -2.33. The van der Waals surface area contributed by atoms with Crippen LogP contribution in [0.15, 0.2) is 71.9 Å². The Morgan fingerprint density at radius 1 is 1.09 bits per heavy atom. The van der Waals surface area contributed by atoms with Crippen LogP contribution in [0.2, 0.25) is 0 Å². The van der Waals surface area contributed by atoms with Crippen molar-refractivity contribution in [2.75, 3.05) is 26.2 Å². The average molecular weight is 446 g/mol. The third-order valence-corrected chi connectivity index (χ3v) is 6.19. The molecule has 2 aromatic rings. The summed E-state index contributed by atoms with van der Waals surface area (Å²) in [5, 5.41) is 5.80. The Balaban J connectivity index is 1.60. The zero-order chi connectivity index (χ0) is 23.2. The molecule has 0 bridgehead atoms. The molecule has 0 radical (unpaired) electrons. The number of aryl methyl sites for hydroxylation is 1. The molecule has 0 aliphatic carbocycles. The predicted molar refractivity (Wildman–Crippen MR) is 129 cm³/mol. The Kier molecular flexibility index (Phi) is 7.25. The molecule has 2 heterocycles. The van der Waals surface area contributed by atoms with Crippen LogP contribution in [0.1, 0.15) is 43.0 Å². The lowest BCUT2D eigenvalue weighted by atomic mass is 9.93. The van der Waals surface area contributed by atoms with Gasteiger partial charge in [-0.3, -0.25) is 4.90 Å². The number of carbonyl (C=O) groups excluding carboxylic acids is 2. The van der Waals surface area contributed by atoms with Crippen LogP contribution in [0, 0.1) is 0 Å². The molecule has 1 atom stereocenters. The predicted octanol–water partition coefficient (Wildman–Crippen LogP) is 4.21. The van der Waals surface area contributed by atoms with Crippen molar-refractivity contribution in [3.63, 3.8) is 0 Å². The van der Waals surface area contributed by atoms with Crippen molar-refractivity contribution in [1.29, 1.82) is 0 Å². The first-order valence-electron chi connectivity index (χ1n) is 11.6. The molecule has 2 amide bonds. The largest absolute Gasteiger partial charge is 0.463 e. The van der Waals surface area contributed by atoms with Crippen molar-refractivity contribution in [3.05, 3.63) is 88.6 Å². The Hall–Kier alpha value is -3.38. The van der Waals surface area contributed by atoms with E-state index in [-0.39, 0.29) is 12.6 Å². The maximum Gasteiger partial charge on any atom is 0.338 e. The molecule has 0 fully saturated rings. The molecule has 0 aromatic heterocycles. The van der Waals surface area contributed by atoms with E-state index in [0.29, 0.717) is 17.8 Å². The van der Waals surface area contributed by atoms with Crippen LogP contribution in [-0.4, -0.2) is 43.1 Å². The number of esters is 1. The standard InChI is InChI=1S/C27H31N3O3/c1-3-19-10-12-22(13-11-19)25-24(26(31)33-4-2)23(28-27(32)29-25)18-30-16-14-21(15-17-30)20-8-6-5-7-9-20/h5-14,25H,3-4,15-18H2,1-2H3,(H2,28,29,32)/t25-/m1/s1. The lowest BCUT2D eigenvalue weighted by Crippen LogP contribution is -2.48. The smallest absolute Gasteiger partial charge is 0.338 e. The van der Waals surface area contributed by atoms with Gasteiger partial charge in [0.25, 0.3) is 0 Å². The fraction of sp³-hybridized carbons (Fsp3) is 0.333. The molecule has 2 aromatic carbocycles. The lowest BCUT2D eigenvalue weighted by molar-refractivity contribution is -0.139. The average Bonchev–Trinajstić information content (AvgIpc) is 2.85. The Morgan fingerprint density at radius 3 is 2.48 bits per heavy atom. The Bertz CT molecular complexity index is 1060. The van der Waals surface area contributed by atoms with Gasteiger partial charge in [-0.25, -0.2) is 9.59 Å². The van der Waals surface area contributed by atoms with E-state index >= 15 is 0 Å². The maximum atomic E-state index is 13.0. The van der Waals surface area contributed by atoms with E-state index in [9.17, 15) is 9.59 Å². The van der Waals surface area contributed by atoms with Gasteiger partial charge in [-0.2, -0.15) is 0 Å². The summed E-state index contributed by atoms with van der Waals surface area (Å²) < 4.78 is 5.39. The molecule has 2 N–H and O–H groups in total. The van der Waals surface area contributed by atoms with Gasteiger partial charge in [0.2, 0.25) is 0 Å². The molecule has 2 aliphatic rings. The second-order valence-electron chi connectivity index (χ2n) is 8.32. The monoisotopic (exact) mass is 445 g/mol. The first kappa shape index (κ1) is 22.8. The number of carbonyl (C=O) groups is 2. The Labute approximate surface area is 195 Å². The minimum Gasteiger partial charge on any atom is -0.463 e. The summed E-state index contributed by atoms with van der Waals surface area (Å²) in [7, 11) is 0. The molecular formula is C27H31N3O3. The highest BCUT2D eigenvalue weighted by Gasteiger charge is 2.34. The fourth-order valence-electron chi connectivity index (χ4n) is 4.38. The number of ether oxygens (including phenoxy) is 1. The van der Waals surface area contributed by atoms with Crippen molar-refractivity contribution in [3.8, 4) is 0 Å². The van der Waals surface area contributed by atoms with E-state index in [4.69, 9.17) is 4.74 Å². The van der Waals surface area contributed by atoms with Gasteiger partial charge in [-0.1, -0.05) is 67.6 Å². The molecule has 6 nitrogen and oxygen atoms in total. The zero-order valence-corrected chi connectivity index (χ0v) is 19.3. The van der Waals surface area contributed by atoms with Crippen molar-refractivity contribution in [2.45, 2.75) is 32.7 Å². The van der Waals surface area contributed by atoms with Gasteiger partial charge in [-0.05, 0) is 42.0 Å². The molecule has 0 unspecified atom stereocenters. The Morgan fingerprint density at radius 2 is 1.85 bits per heavy atom. The van der Waals surface area contributed by atoms with Gasteiger partial charge < -0.3 is 15.4 Å². The van der Waals surface area contributed by atoms with Crippen LogP contribution in [-0.2, 0) is 16.0 Å². The van der Waals surface area contributed by atoms with E-state index in [1.165, 1.54) is 16.7 Å². The molecule has 2 aliphatic heterocycles. The third kappa shape index (κ3) is 5.34. The minimum atomic E-state index is -0.543. The molecular weight excluding hydrogens is 414 g/mol. The minimum absolute atomic E-state index is 0.276. The number of benzene rings is 2. The maximum absolute atomic E-state index is 13.0. The summed E-state index contributed by atoms with van der Waals surface area (Å²) in [6.07, 6.45) is 4.07. The summed E-state index contributed by atoms with van der Waals surface area (Å²) in [5.41, 5.74) is 5.73. The quantitative estimate of drug-likeness (QED) is 0.627. The van der Waals surface area contributed by atoms with E-state index in [2.05, 4.69) is 52.8 Å². The van der Waals surface area contributed by atoms with Crippen LogP contribution >= 0.6 is 0 Å². The number of urea groups is 1. The summed E-state index contributed by atoms with van der Waals surface area (Å²) >= 11 is 0. The van der Waals surface area contributed by atoms with Crippen LogP contribution < -0.4 is 10.6 Å². The number of hydrogen-bond acceptors (Lipinski definition) is 4.